The summed E-state index contributed by atoms with van der Waals surface area (Å²) in [5, 5.41) is 4.57. The maximum atomic E-state index is 6.12. The number of ether oxygens (including phenoxy) is 2. The minimum atomic E-state index is 0.127. The van der Waals surface area contributed by atoms with Gasteiger partial charge in [-0.1, -0.05) is 35.6 Å². The Kier molecular flexibility index (Phi) is 5.54. The maximum absolute atomic E-state index is 6.12. The zero-order valence-electron chi connectivity index (χ0n) is 16.5. The molecule has 0 spiro atoms. The van der Waals surface area contributed by atoms with Crippen molar-refractivity contribution in [2.75, 3.05) is 38.1 Å². The second-order valence-electron chi connectivity index (χ2n) is 7.94. The highest BCUT2D eigenvalue weighted by Gasteiger charge is 2.26. The van der Waals surface area contributed by atoms with Crippen LogP contribution in [-0.2, 0) is 0 Å². The number of nitrogens with zero attached hydrogens (tertiary/aromatic N) is 2. The highest BCUT2D eigenvalue weighted by atomic mass is 32.1. The number of fused-ring (bicyclic) bond motifs is 2. The third-order valence-electron chi connectivity index (χ3n) is 5.86. The largest absolute Gasteiger partial charge is 0.486 e. The average Bonchev–Trinajstić information content (AvgIpc) is 3.18. The summed E-state index contributed by atoms with van der Waals surface area (Å²) in [5.41, 5.74) is 1.09. The lowest BCUT2D eigenvalue weighted by atomic mass is 9.93. The summed E-state index contributed by atoms with van der Waals surface area (Å²) in [5.74, 6) is 2.53. The molecule has 0 radical (unpaired) electrons. The molecule has 29 heavy (non-hydrogen) atoms. The SMILES string of the molecule is c1ccc2c(c1)OCC(CN1CCC(CCNc3nc4ccccc4s3)CC1)O2. The number of rotatable bonds is 6. The number of likely N-dealkylation sites (tertiary alicyclic amines) is 1. The van der Waals surface area contributed by atoms with Crippen LogP contribution in [0.5, 0.6) is 11.5 Å². The van der Waals surface area contributed by atoms with Crippen LogP contribution in [0.2, 0.25) is 0 Å². The highest BCUT2D eigenvalue weighted by Crippen LogP contribution is 2.31. The fraction of sp³-hybridized carbons (Fsp3) is 0.435. The average molecular weight is 410 g/mol. The van der Waals surface area contributed by atoms with E-state index in [2.05, 4.69) is 33.4 Å². The Bertz CT molecular complexity index is 919. The lowest BCUT2D eigenvalue weighted by Crippen LogP contribution is -2.44. The van der Waals surface area contributed by atoms with Crippen LogP contribution in [0.4, 0.5) is 5.13 Å². The minimum absolute atomic E-state index is 0.127. The Hall–Kier alpha value is -2.31. The normalized spacial score (nSPS) is 20.1. The fourth-order valence-electron chi connectivity index (χ4n) is 4.23. The van der Waals surface area contributed by atoms with Crippen molar-refractivity contribution in [1.29, 1.82) is 0 Å². The summed E-state index contributed by atoms with van der Waals surface area (Å²) in [6, 6.07) is 16.3. The molecule has 0 aliphatic carbocycles. The molecule has 0 bridgehead atoms. The van der Waals surface area contributed by atoms with E-state index in [1.807, 2.05) is 30.3 Å². The number of benzene rings is 2. The highest BCUT2D eigenvalue weighted by molar-refractivity contribution is 7.22. The summed E-state index contributed by atoms with van der Waals surface area (Å²) in [6.45, 7) is 4.88. The number of para-hydroxylation sites is 3. The Labute approximate surface area is 175 Å². The molecule has 1 saturated heterocycles. The first-order chi connectivity index (χ1) is 14.3. The number of anilines is 1. The first kappa shape index (κ1) is 18.7. The number of piperidine rings is 1. The summed E-state index contributed by atoms with van der Waals surface area (Å²) in [6.07, 6.45) is 3.85. The van der Waals surface area contributed by atoms with E-state index in [1.165, 1.54) is 24.0 Å². The van der Waals surface area contributed by atoms with Crippen molar-refractivity contribution in [2.24, 2.45) is 5.92 Å². The molecule has 1 atom stereocenters. The van der Waals surface area contributed by atoms with Gasteiger partial charge < -0.3 is 14.8 Å². The third-order valence-corrected chi connectivity index (χ3v) is 6.85. The fourth-order valence-corrected chi connectivity index (χ4v) is 5.12. The second kappa shape index (κ2) is 8.59. The zero-order chi connectivity index (χ0) is 19.5. The van der Waals surface area contributed by atoms with Crippen molar-refractivity contribution < 1.29 is 9.47 Å². The van der Waals surface area contributed by atoms with Crippen molar-refractivity contribution in [3.8, 4) is 11.5 Å². The molecule has 2 aliphatic heterocycles. The first-order valence-corrected chi connectivity index (χ1v) is 11.4. The van der Waals surface area contributed by atoms with E-state index >= 15 is 0 Å². The van der Waals surface area contributed by atoms with Gasteiger partial charge in [0.25, 0.3) is 0 Å². The molecular weight excluding hydrogens is 382 g/mol. The van der Waals surface area contributed by atoms with Gasteiger partial charge in [0, 0.05) is 13.1 Å². The maximum Gasteiger partial charge on any atom is 0.183 e. The molecule has 5 rings (SSSR count). The summed E-state index contributed by atoms with van der Waals surface area (Å²) >= 11 is 1.74. The molecule has 5 nitrogen and oxygen atoms in total. The topological polar surface area (TPSA) is 46.6 Å². The summed E-state index contributed by atoms with van der Waals surface area (Å²) in [7, 11) is 0. The van der Waals surface area contributed by atoms with E-state index in [9.17, 15) is 0 Å². The molecule has 3 aromatic rings. The summed E-state index contributed by atoms with van der Waals surface area (Å²) < 4.78 is 13.2. The zero-order valence-corrected chi connectivity index (χ0v) is 17.4. The van der Waals surface area contributed by atoms with Gasteiger partial charge in [-0.05, 0) is 62.5 Å². The van der Waals surface area contributed by atoms with E-state index < -0.39 is 0 Å². The van der Waals surface area contributed by atoms with Gasteiger partial charge in [-0.3, -0.25) is 4.90 Å². The van der Waals surface area contributed by atoms with E-state index in [0.717, 1.165) is 54.2 Å². The molecular formula is C23H27N3O2S. The van der Waals surface area contributed by atoms with Crippen LogP contribution in [0.1, 0.15) is 19.3 Å². The Morgan fingerprint density at radius 1 is 1.03 bits per heavy atom. The second-order valence-corrected chi connectivity index (χ2v) is 8.97. The molecule has 0 amide bonds. The number of aromatic nitrogens is 1. The lowest BCUT2D eigenvalue weighted by molar-refractivity contribution is 0.0474. The van der Waals surface area contributed by atoms with Gasteiger partial charge in [-0.15, -0.1) is 0 Å². The van der Waals surface area contributed by atoms with Crippen LogP contribution in [0.3, 0.4) is 0 Å². The molecule has 0 saturated carbocycles. The Balaban J connectivity index is 1.04. The molecule has 3 heterocycles. The summed E-state index contributed by atoms with van der Waals surface area (Å²) in [4.78, 5) is 7.19. The van der Waals surface area contributed by atoms with Crippen molar-refractivity contribution in [3.05, 3.63) is 48.5 Å². The Morgan fingerprint density at radius 3 is 2.69 bits per heavy atom. The van der Waals surface area contributed by atoms with Crippen LogP contribution in [-0.4, -0.2) is 48.8 Å². The van der Waals surface area contributed by atoms with E-state index in [0.29, 0.717) is 6.61 Å². The smallest absolute Gasteiger partial charge is 0.183 e. The Morgan fingerprint density at radius 2 is 1.83 bits per heavy atom. The van der Waals surface area contributed by atoms with Crippen LogP contribution in [0.15, 0.2) is 48.5 Å². The van der Waals surface area contributed by atoms with Crippen molar-refractivity contribution in [2.45, 2.75) is 25.4 Å². The predicted octanol–water partition coefficient (Wildman–Crippen LogP) is 4.65. The van der Waals surface area contributed by atoms with E-state index in [-0.39, 0.29) is 6.10 Å². The molecule has 1 aromatic heterocycles. The standard InChI is InChI=1S/C23H27N3O2S/c1-4-8-22-19(5-1)25-23(29-22)24-12-9-17-10-13-26(14-11-17)15-18-16-27-20-6-2-3-7-21(20)28-18/h1-8,17-18H,9-16H2,(H,24,25). The third kappa shape index (κ3) is 4.49. The van der Waals surface area contributed by atoms with Crippen LogP contribution < -0.4 is 14.8 Å². The lowest BCUT2D eigenvalue weighted by Gasteiger charge is -2.35. The molecule has 6 heteroatoms. The van der Waals surface area contributed by atoms with E-state index in [4.69, 9.17) is 9.47 Å². The van der Waals surface area contributed by atoms with Gasteiger partial charge in [0.15, 0.2) is 16.6 Å². The number of hydrogen-bond donors (Lipinski definition) is 1. The quantitative estimate of drug-likeness (QED) is 0.642. The van der Waals surface area contributed by atoms with Crippen LogP contribution >= 0.6 is 11.3 Å². The minimum Gasteiger partial charge on any atom is -0.486 e. The number of nitrogens with one attached hydrogen (secondary N) is 1. The molecule has 152 valence electrons. The predicted molar refractivity (Wildman–Crippen MR) is 118 cm³/mol. The molecule has 2 aromatic carbocycles. The van der Waals surface area contributed by atoms with Gasteiger partial charge in [0.1, 0.15) is 12.7 Å². The van der Waals surface area contributed by atoms with Gasteiger partial charge >= 0.3 is 0 Å². The van der Waals surface area contributed by atoms with Gasteiger partial charge in [0.05, 0.1) is 10.2 Å². The molecule has 1 unspecified atom stereocenters. The van der Waals surface area contributed by atoms with Gasteiger partial charge in [-0.25, -0.2) is 4.98 Å². The molecule has 1 fully saturated rings. The van der Waals surface area contributed by atoms with Crippen molar-refractivity contribution in [1.82, 2.24) is 9.88 Å². The molecule has 1 N–H and O–H groups in total. The van der Waals surface area contributed by atoms with Crippen molar-refractivity contribution >= 4 is 26.7 Å². The monoisotopic (exact) mass is 409 g/mol. The van der Waals surface area contributed by atoms with Crippen molar-refractivity contribution in [3.63, 3.8) is 0 Å². The van der Waals surface area contributed by atoms with Crippen LogP contribution in [0.25, 0.3) is 10.2 Å². The van der Waals surface area contributed by atoms with Crippen LogP contribution in [0, 0.1) is 5.92 Å². The number of thiazole rings is 1. The van der Waals surface area contributed by atoms with Gasteiger partial charge in [0.2, 0.25) is 0 Å². The first-order valence-electron chi connectivity index (χ1n) is 10.5. The van der Waals surface area contributed by atoms with E-state index in [1.54, 1.807) is 11.3 Å². The number of hydrogen-bond acceptors (Lipinski definition) is 6. The molecule has 2 aliphatic rings. The van der Waals surface area contributed by atoms with Gasteiger partial charge in [-0.2, -0.15) is 0 Å².